The summed E-state index contributed by atoms with van der Waals surface area (Å²) < 4.78 is 6.13. The van der Waals surface area contributed by atoms with E-state index in [1.165, 1.54) is 25.7 Å². The second-order valence-electron chi connectivity index (χ2n) is 9.54. The molecule has 1 aliphatic carbocycles. The second-order valence-corrected chi connectivity index (χ2v) is 9.54. The number of nitrogens with zero attached hydrogens (tertiary/aromatic N) is 2. The molecule has 4 rings (SSSR count). The predicted molar refractivity (Wildman–Crippen MR) is 117 cm³/mol. The molecule has 164 valence electrons. The van der Waals surface area contributed by atoms with Gasteiger partial charge in [0.05, 0.1) is 6.61 Å². The molecule has 2 saturated heterocycles. The maximum Gasteiger partial charge on any atom is 0.222 e. The van der Waals surface area contributed by atoms with E-state index in [-0.39, 0.29) is 5.91 Å². The number of ether oxygens (including phenoxy) is 1. The van der Waals surface area contributed by atoms with Gasteiger partial charge in [-0.25, -0.2) is 0 Å². The summed E-state index contributed by atoms with van der Waals surface area (Å²) in [6.07, 6.45) is 7.79. The van der Waals surface area contributed by atoms with Crippen LogP contribution in [-0.4, -0.2) is 54.4 Å². The van der Waals surface area contributed by atoms with E-state index in [1.54, 1.807) is 6.92 Å². The third kappa shape index (κ3) is 5.16. The lowest BCUT2D eigenvalue weighted by molar-refractivity contribution is -0.131. The van der Waals surface area contributed by atoms with Crippen LogP contribution < -0.4 is 4.74 Å². The van der Waals surface area contributed by atoms with E-state index in [2.05, 4.69) is 4.90 Å². The first-order valence-electron chi connectivity index (χ1n) is 11.8. The zero-order valence-electron chi connectivity index (χ0n) is 18.3. The van der Waals surface area contributed by atoms with Crippen molar-refractivity contribution in [2.24, 2.45) is 23.7 Å². The van der Waals surface area contributed by atoms with Gasteiger partial charge < -0.3 is 14.5 Å². The van der Waals surface area contributed by atoms with Gasteiger partial charge in [-0.2, -0.15) is 0 Å². The molecule has 2 atom stereocenters. The van der Waals surface area contributed by atoms with Crippen molar-refractivity contribution in [1.82, 2.24) is 9.80 Å². The lowest BCUT2D eigenvalue weighted by Crippen LogP contribution is -2.40. The fourth-order valence-corrected chi connectivity index (χ4v) is 5.76. The van der Waals surface area contributed by atoms with Crippen LogP contribution in [0.5, 0.6) is 5.75 Å². The standard InChI is InChI=1S/C25H36N2O3/c1-19(28)26-13-11-21(12-14-26)24-17-27(25(29)15-20-7-5-6-8-20)16-22(24)18-30-23-9-3-2-4-10-23/h2-4,9-10,20-22,24H,5-8,11-18H2,1H3/t22-,24-/m0/s1. The van der Waals surface area contributed by atoms with Gasteiger partial charge in [0, 0.05) is 45.4 Å². The molecular formula is C25H36N2O3. The summed E-state index contributed by atoms with van der Waals surface area (Å²) >= 11 is 0. The summed E-state index contributed by atoms with van der Waals surface area (Å²) in [6, 6.07) is 9.99. The molecule has 1 saturated carbocycles. The number of hydrogen-bond acceptors (Lipinski definition) is 3. The van der Waals surface area contributed by atoms with Gasteiger partial charge in [-0.3, -0.25) is 9.59 Å². The molecule has 30 heavy (non-hydrogen) atoms. The van der Waals surface area contributed by atoms with Crippen molar-refractivity contribution in [1.29, 1.82) is 0 Å². The third-order valence-corrected chi connectivity index (χ3v) is 7.58. The van der Waals surface area contributed by atoms with Gasteiger partial charge in [-0.1, -0.05) is 31.0 Å². The fraction of sp³-hybridized carbons (Fsp3) is 0.680. The maximum absolute atomic E-state index is 13.0. The normalized spacial score (nSPS) is 25.6. The van der Waals surface area contributed by atoms with Gasteiger partial charge in [0.15, 0.2) is 0 Å². The summed E-state index contributed by atoms with van der Waals surface area (Å²) in [5.74, 6) is 3.41. The van der Waals surface area contributed by atoms with E-state index >= 15 is 0 Å². The highest BCUT2D eigenvalue weighted by Crippen LogP contribution is 2.37. The molecule has 0 N–H and O–H groups in total. The van der Waals surface area contributed by atoms with Crippen molar-refractivity contribution >= 4 is 11.8 Å². The molecule has 1 aromatic rings. The monoisotopic (exact) mass is 412 g/mol. The molecular weight excluding hydrogens is 376 g/mol. The minimum Gasteiger partial charge on any atom is -0.493 e. The third-order valence-electron chi connectivity index (χ3n) is 7.58. The van der Waals surface area contributed by atoms with Gasteiger partial charge in [0.1, 0.15) is 5.75 Å². The highest BCUT2D eigenvalue weighted by molar-refractivity contribution is 5.77. The van der Waals surface area contributed by atoms with Crippen LogP contribution in [0.2, 0.25) is 0 Å². The number of carbonyl (C=O) groups is 2. The van der Waals surface area contributed by atoms with Crippen LogP contribution in [0.15, 0.2) is 30.3 Å². The Morgan fingerprint density at radius 2 is 1.67 bits per heavy atom. The highest BCUT2D eigenvalue weighted by Gasteiger charge is 2.41. The molecule has 0 bridgehead atoms. The van der Waals surface area contributed by atoms with Crippen molar-refractivity contribution in [3.05, 3.63) is 30.3 Å². The van der Waals surface area contributed by atoms with Crippen molar-refractivity contribution in [2.45, 2.75) is 51.9 Å². The molecule has 0 unspecified atom stereocenters. The van der Waals surface area contributed by atoms with Crippen LogP contribution in [0, 0.1) is 23.7 Å². The molecule has 0 radical (unpaired) electrons. The summed E-state index contributed by atoms with van der Waals surface area (Å²) in [7, 11) is 0. The topological polar surface area (TPSA) is 49.9 Å². The summed E-state index contributed by atoms with van der Waals surface area (Å²) in [5, 5.41) is 0. The SMILES string of the molecule is CC(=O)N1CCC([C@@H]2CN(C(=O)CC3CCCC3)C[C@H]2COc2ccccc2)CC1. The van der Waals surface area contributed by atoms with Crippen molar-refractivity contribution < 1.29 is 14.3 Å². The molecule has 0 aromatic heterocycles. The van der Waals surface area contributed by atoms with Crippen LogP contribution in [-0.2, 0) is 9.59 Å². The van der Waals surface area contributed by atoms with E-state index in [0.717, 1.165) is 51.2 Å². The Hall–Kier alpha value is -2.04. The molecule has 2 amide bonds. The molecule has 0 spiro atoms. The van der Waals surface area contributed by atoms with Crippen molar-refractivity contribution in [2.75, 3.05) is 32.8 Å². The molecule has 5 heteroatoms. The number of para-hydroxylation sites is 1. The molecule has 2 heterocycles. The zero-order chi connectivity index (χ0) is 20.9. The fourth-order valence-electron chi connectivity index (χ4n) is 5.76. The average molecular weight is 413 g/mol. The van der Waals surface area contributed by atoms with Crippen LogP contribution in [0.4, 0.5) is 0 Å². The van der Waals surface area contributed by atoms with Crippen LogP contribution in [0.25, 0.3) is 0 Å². The summed E-state index contributed by atoms with van der Waals surface area (Å²) in [6.45, 7) is 5.69. The van der Waals surface area contributed by atoms with Gasteiger partial charge in [0.25, 0.3) is 0 Å². The lowest BCUT2D eigenvalue weighted by atomic mass is 9.78. The first kappa shape index (κ1) is 21.2. The van der Waals surface area contributed by atoms with E-state index in [4.69, 9.17) is 4.74 Å². The first-order valence-corrected chi connectivity index (χ1v) is 11.8. The molecule has 5 nitrogen and oxygen atoms in total. The van der Waals surface area contributed by atoms with E-state index in [1.807, 2.05) is 35.2 Å². The van der Waals surface area contributed by atoms with Gasteiger partial charge >= 0.3 is 0 Å². The molecule has 3 fully saturated rings. The molecule has 2 aliphatic heterocycles. The Balaban J connectivity index is 1.39. The second kappa shape index (κ2) is 9.84. The maximum atomic E-state index is 13.0. The van der Waals surface area contributed by atoms with Gasteiger partial charge in [-0.05, 0) is 55.6 Å². The zero-order valence-corrected chi connectivity index (χ0v) is 18.3. The van der Waals surface area contributed by atoms with E-state index in [0.29, 0.717) is 36.2 Å². The van der Waals surface area contributed by atoms with Crippen molar-refractivity contribution in [3.63, 3.8) is 0 Å². The Kier molecular flexibility index (Phi) is 6.96. The summed E-state index contributed by atoms with van der Waals surface area (Å²) in [5.41, 5.74) is 0. The number of carbonyl (C=O) groups excluding carboxylic acids is 2. The van der Waals surface area contributed by atoms with Crippen LogP contribution in [0.3, 0.4) is 0 Å². The Morgan fingerprint density at radius 3 is 2.33 bits per heavy atom. The number of amides is 2. The molecule has 3 aliphatic rings. The Bertz CT molecular complexity index is 708. The largest absolute Gasteiger partial charge is 0.493 e. The van der Waals surface area contributed by atoms with Crippen molar-refractivity contribution in [3.8, 4) is 5.75 Å². The Morgan fingerprint density at radius 1 is 0.967 bits per heavy atom. The van der Waals surface area contributed by atoms with E-state index in [9.17, 15) is 9.59 Å². The predicted octanol–water partition coefficient (Wildman–Crippen LogP) is 3.98. The minimum atomic E-state index is 0.178. The minimum absolute atomic E-state index is 0.178. The van der Waals surface area contributed by atoms with Crippen LogP contribution in [0.1, 0.15) is 51.9 Å². The smallest absolute Gasteiger partial charge is 0.222 e. The quantitative estimate of drug-likeness (QED) is 0.710. The van der Waals surface area contributed by atoms with E-state index < -0.39 is 0 Å². The number of likely N-dealkylation sites (tertiary alicyclic amines) is 2. The summed E-state index contributed by atoms with van der Waals surface area (Å²) in [4.78, 5) is 28.8. The average Bonchev–Trinajstić information content (AvgIpc) is 3.43. The number of benzene rings is 1. The molecule has 1 aromatic carbocycles. The van der Waals surface area contributed by atoms with Crippen LogP contribution >= 0.6 is 0 Å². The highest BCUT2D eigenvalue weighted by atomic mass is 16.5. The van der Waals surface area contributed by atoms with Gasteiger partial charge in [-0.15, -0.1) is 0 Å². The number of hydrogen-bond donors (Lipinski definition) is 0. The lowest BCUT2D eigenvalue weighted by Gasteiger charge is -2.36. The Labute approximate surface area is 180 Å². The number of rotatable bonds is 6. The van der Waals surface area contributed by atoms with Gasteiger partial charge in [0.2, 0.25) is 11.8 Å². The number of piperidine rings is 1. The first-order chi connectivity index (χ1) is 14.6.